The number of nitrogens with one attached hydrogen (secondary N) is 1. The molecule has 0 unspecified atom stereocenters. The third-order valence-corrected chi connectivity index (χ3v) is 6.49. The molecule has 32 heavy (non-hydrogen) atoms. The van der Waals surface area contributed by atoms with Gasteiger partial charge in [-0.25, -0.2) is 0 Å². The predicted octanol–water partition coefficient (Wildman–Crippen LogP) is 7.11. The highest BCUT2D eigenvalue weighted by Crippen LogP contribution is 2.42. The van der Waals surface area contributed by atoms with Gasteiger partial charge in [0.25, 0.3) is 0 Å². The van der Waals surface area contributed by atoms with E-state index in [4.69, 9.17) is 0 Å². The maximum atomic E-state index is 12.5. The van der Waals surface area contributed by atoms with Gasteiger partial charge in [0.15, 0.2) is 0 Å². The Hall–Kier alpha value is -3.59. The van der Waals surface area contributed by atoms with E-state index in [1.807, 2.05) is 4.90 Å². The first-order valence-electron chi connectivity index (χ1n) is 11.3. The second-order valence-electron chi connectivity index (χ2n) is 8.84. The van der Waals surface area contributed by atoms with E-state index >= 15 is 0 Å². The summed E-state index contributed by atoms with van der Waals surface area (Å²) in [4.78, 5) is 14.5. The smallest absolute Gasteiger partial charge is 0.224 e. The number of benzene rings is 4. The van der Waals surface area contributed by atoms with Gasteiger partial charge in [0.2, 0.25) is 5.91 Å². The van der Waals surface area contributed by atoms with Crippen LogP contribution in [0, 0.1) is 6.92 Å². The normalized spacial score (nSPS) is 17.8. The van der Waals surface area contributed by atoms with Gasteiger partial charge in [-0.15, -0.1) is 0 Å². The molecule has 1 heterocycles. The molecule has 0 saturated heterocycles. The SMILES string of the molecule is CC(=O)N1c2ccc(-c3cccc(C)c3)cc2[C@H](Nc2cccc3ccccc23)C[C@@H]1C. The van der Waals surface area contributed by atoms with Crippen molar-refractivity contribution in [3.05, 3.63) is 96.1 Å². The van der Waals surface area contributed by atoms with Crippen LogP contribution in [-0.4, -0.2) is 11.9 Å². The number of nitrogens with zero attached hydrogens (tertiary/aromatic N) is 1. The van der Waals surface area contributed by atoms with E-state index in [0.717, 1.165) is 17.8 Å². The van der Waals surface area contributed by atoms with Crippen molar-refractivity contribution in [1.29, 1.82) is 0 Å². The number of fused-ring (bicyclic) bond motifs is 2. The van der Waals surface area contributed by atoms with E-state index in [9.17, 15) is 4.79 Å². The van der Waals surface area contributed by atoms with Gasteiger partial charge in [-0.2, -0.15) is 0 Å². The number of hydrogen-bond acceptors (Lipinski definition) is 2. The Kier molecular flexibility index (Phi) is 5.18. The summed E-state index contributed by atoms with van der Waals surface area (Å²) in [6.07, 6.45) is 0.854. The van der Waals surface area contributed by atoms with Crippen LogP contribution in [-0.2, 0) is 4.79 Å². The molecule has 3 heteroatoms. The maximum Gasteiger partial charge on any atom is 0.224 e. The quantitative estimate of drug-likeness (QED) is 0.383. The second kappa shape index (κ2) is 8.16. The first-order chi connectivity index (χ1) is 15.5. The molecule has 160 valence electrons. The fourth-order valence-electron chi connectivity index (χ4n) is 5.02. The van der Waals surface area contributed by atoms with Crippen LogP contribution in [0.15, 0.2) is 84.9 Å². The Labute approximate surface area is 189 Å². The molecule has 3 nitrogen and oxygen atoms in total. The molecule has 0 radical (unpaired) electrons. The molecule has 1 aliphatic rings. The molecule has 1 N–H and O–H groups in total. The van der Waals surface area contributed by atoms with Gasteiger partial charge < -0.3 is 10.2 Å². The van der Waals surface area contributed by atoms with Crippen molar-refractivity contribution < 1.29 is 4.79 Å². The third kappa shape index (κ3) is 3.64. The molecule has 0 saturated carbocycles. The van der Waals surface area contributed by atoms with Crippen LogP contribution in [0.5, 0.6) is 0 Å². The summed E-state index contributed by atoms with van der Waals surface area (Å²) in [5.41, 5.74) is 6.92. The molecular formula is C29H28N2O. The Balaban J connectivity index is 1.62. The largest absolute Gasteiger partial charge is 0.378 e. The van der Waals surface area contributed by atoms with Crippen LogP contribution in [0.25, 0.3) is 21.9 Å². The summed E-state index contributed by atoms with van der Waals surface area (Å²) >= 11 is 0. The van der Waals surface area contributed by atoms with Gasteiger partial charge in [-0.05, 0) is 60.5 Å². The second-order valence-corrected chi connectivity index (χ2v) is 8.84. The van der Waals surface area contributed by atoms with Gasteiger partial charge >= 0.3 is 0 Å². The average Bonchev–Trinajstić information content (AvgIpc) is 2.79. The number of anilines is 2. The molecular weight excluding hydrogens is 392 g/mol. The number of aryl methyl sites for hydroxylation is 1. The van der Waals surface area contributed by atoms with Crippen LogP contribution in [0.3, 0.4) is 0 Å². The molecule has 0 aliphatic carbocycles. The van der Waals surface area contributed by atoms with E-state index in [0.29, 0.717) is 0 Å². The van der Waals surface area contributed by atoms with E-state index in [1.165, 1.54) is 33.0 Å². The van der Waals surface area contributed by atoms with Crippen molar-refractivity contribution in [1.82, 2.24) is 0 Å². The third-order valence-electron chi connectivity index (χ3n) is 6.49. The first-order valence-corrected chi connectivity index (χ1v) is 11.3. The van der Waals surface area contributed by atoms with E-state index in [-0.39, 0.29) is 18.0 Å². The summed E-state index contributed by atoms with van der Waals surface area (Å²) in [7, 11) is 0. The lowest BCUT2D eigenvalue weighted by molar-refractivity contribution is -0.117. The molecule has 5 rings (SSSR count). The fraction of sp³-hybridized carbons (Fsp3) is 0.207. The van der Waals surface area contributed by atoms with Crippen LogP contribution >= 0.6 is 0 Å². The first kappa shape index (κ1) is 20.3. The molecule has 4 aromatic rings. The highest BCUT2D eigenvalue weighted by Gasteiger charge is 2.32. The maximum absolute atomic E-state index is 12.5. The number of carbonyl (C=O) groups is 1. The van der Waals surface area contributed by atoms with Gasteiger partial charge in [-0.3, -0.25) is 4.79 Å². The predicted molar refractivity (Wildman–Crippen MR) is 134 cm³/mol. The minimum Gasteiger partial charge on any atom is -0.378 e. The highest BCUT2D eigenvalue weighted by molar-refractivity contribution is 5.96. The molecule has 1 aliphatic heterocycles. The minimum absolute atomic E-state index is 0.0886. The summed E-state index contributed by atoms with van der Waals surface area (Å²) in [6.45, 7) is 5.91. The van der Waals surface area contributed by atoms with E-state index in [1.54, 1.807) is 6.92 Å². The monoisotopic (exact) mass is 420 g/mol. The average molecular weight is 421 g/mol. The summed E-state index contributed by atoms with van der Waals surface area (Å²) in [6, 6.07) is 30.2. The lowest BCUT2D eigenvalue weighted by Gasteiger charge is -2.40. The van der Waals surface area contributed by atoms with Crippen LogP contribution in [0.4, 0.5) is 11.4 Å². The topological polar surface area (TPSA) is 32.3 Å². The minimum atomic E-state index is 0.0886. The van der Waals surface area contributed by atoms with Gasteiger partial charge in [0, 0.05) is 29.7 Å². The molecule has 4 aromatic carbocycles. The van der Waals surface area contributed by atoms with Gasteiger partial charge in [0.1, 0.15) is 0 Å². The molecule has 0 bridgehead atoms. The van der Waals surface area contributed by atoms with Crippen LogP contribution < -0.4 is 10.2 Å². The van der Waals surface area contributed by atoms with Crippen molar-refractivity contribution >= 4 is 28.1 Å². The van der Waals surface area contributed by atoms with Crippen molar-refractivity contribution in [2.45, 2.75) is 39.3 Å². The van der Waals surface area contributed by atoms with E-state index < -0.39 is 0 Å². The summed E-state index contributed by atoms with van der Waals surface area (Å²) < 4.78 is 0. The molecule has 0 aromatic heterocycles. The standard InChI is InChI=1S/C29H28N2O/c1-19-8-6-11-23(16-19)24-14-15-29-26(18-24)28(17-20(2)31(29)21(3)32)30-27-13-7-10-22-9-4-5-12-25(22)27/h4-16,18,20,28,30H,17H2,1-3H3/t20-,28+/m0/s1. The zero-order valence-electron chi connectivity index (χ0n) is 18.8. The Bertz CT molecular complexity index is 1300. The molecule has 1 amide bonds. The van der Waals surface area contributed by atoms with Crippen molar-refractivity contribution in [2.24, 2.45) is 0 Å². The lowest BCUT2D eigenvalue weighted by Crippen LogP contribution is -2.43. The zero-order valence-corrected chi connectivity index (χ0v) is 18.8. The van der Waals surface area contributed by atoms with Crippen LogP contribution in [0.2, 0.25) is 0 Å². The zero-order chi connectivity index (χ0) is 22.2. The molecule has 2 atom stereocenters. The summed E-state index contributed by atoms with van der Waals surface area (Å²) in [5.74, 6) is 0.0886. The Morgan fingerprint density at radius 3 is 2.47 bits per heavy atom. The van der Waals surface area contributed by atoms with Crippen molar-refractivity contribution in [3.63, 3.8) is 0 Å². The Morgan fingerprint density at radius 1 is 0.906 bits per heavy atom. The molecule has 0 spiro atoms. The van der Waals surface area contributed by atoms with Crippen molar-refractivity contribution in [2.75, 3.05) is 10.2 Å². The Morgan fingerprint density at radius 2 is 1.66 bits per heavy atom. The summed E-state index contributed by atoms with van der Waals surface area (Å²) in [5, 5.41) is 6.26. The lowest BCUT2D eigenvalue weighted by atomic mass is 9.88. The molecule has 0 fully saturated rings. The van der Waals surface area contributed by atoms with Gasteiger partial charge in [-0.1, -0.05) is 72.3 Å². The van der Waals surface area contributed by atoms with Crippen LogP contribution in [0.1, 0.15) is 37.4 Å². The number of hydrogen-bond donors (Lipinski definition) is 1. The van der Waals surface area contributed by atoms with E-state index in [2.05, 4.69) is 104 Å². The number of carbonyl (C=O) groups excluding carboxylic acids is 1. The fourth-order valence-corrected chi connectivity index (χ4v) is 5.02. The highest BCUT2D eigenvalue weighted by atomic mass is 16.2. The number of rotatable bonds is 3. The van der Waals surface area contributed by atoms with Crippen molar-refractivity contribution in [3.8, 4) is 11.1 Å². The van der Waals surface area contributed by atoms with Gasteiger partial charge in [0.05, 0.1) is 6.04 Å². The number of amides is 1.